The van der Waals surface area contributed by atoms with E-state index in [-0.39, 0.29) is 11.5 Å². The first kappa shape index (κ1) is 22.3. The summed E-state index contributed by atoms with van der Waals surface area (Å²) < 4.78 is 8.39. The van der Waals surface area contributed by atoms with Crippen LogP contribution in [0.15, 0.2) is 53.3 Å². The summed E-state index contributed by atoms with van der Waals surface area (Å²) in [7, 11) is 1.55. The van der Waals surface area contributed by atoms with Gasteiger partial charge in [0, 0.05) is 0 Å². The van der Waals surface area contributed by atoms with Gasteiger partial charge in [-0.1, -0.05) is 31.2 Å². The van der Waals surface area contributed by atoms with Gasteiger partial charge in [-0.15, -0.1) is 0 Å². The molecule has 0 spiro atoms. The third kappa shape index (κ3) is 4.00. The van der Waals surface area contributed by atoms with Crippen LogP contribution < -0.4 is 15.6 Å². The molecule has 1 unspecified atom stereocenters. The number of para-hydroxylation sites is 1. The van der Waals surface area contributed by atoms with Gasteiger partial charge in [0.2, 0.25) is 5.91 Å². The average molecular weight is 446 g/mol. The first-order valence-corrected chi connectivity index (χ1v) is 10.8. The Balaban J connectivity index is 1.79. The lowest BCUT2D eigenvalue weighted by Gasteiger charge is -2.18. The second-order valence-corrected chi connectivity index (χ2v) is 8.01. The highest BCUT2D eigenvalue weighted by molar-refractivity contribution is 5.95. The molecule has 0 aliphatic carbocycles. The van der Waals surface area contributed by atoms with E-state index in [0.29, 0.717) is 40.1 Å². The van der Waals surface area contributed by atoms with Crippen LogP contribution in [0.4, 0.5) is 5.69 Å². The quantitative estimate of drug-likeness (QED) is 0.482. The van der Waals surface area contributed by atoms with E-state index in [1.54, 1.807) is 24.8 Å². The van der Waals surface area contributed by atoms with Gasteiger partial charge >= 0.3 is 0 Å². The number of rotatable bonds is 6. The lowest BCUT2D eigenvalue weighted by Crippen LogP contribution is -2.35. The normalized spacial score (nSPS) is 12.0. The smallest absolute Gasteiger partial charge is 0.278 e. The molecule has 1 amide bonds. The van der Waals surface area contributed by atoms with E-state index in [2.05, 4.69) is 15.5 Å². The van der Waals surface area contributed by atoms with Crippen molar-refractivity contribution in [3.05, 3.63) is 75.8 Å². The lowest BCUT2D eigenvalue weighted by molar-refractivity contribution is -0.119. The molecule has 4 rings (SSSR count). The molecular weight excluding hydrogens is 418 g/mol. The third-order valence-electron chi connectivity index (χ3n) is 5.74. The van der Waals surface area contributed by atoms with Crippen molar-refractivity contribution >= 4 is 22.5 Å². The van der Waals surface area contributed by atoms with E-state index in [0.717, 1.165) is 11.3 Å². The van der Waals surface area contributed by atoms with E-state index in [4.69, 9.17) is 4.74 Å². The second-order valence-electron chi connectivity index (χ2n) is 8.01. The van der Waals surface area contributed by atoms with Crippen LogP contribution in [0.1, 0.15) is 36.3 Å². The zero-order chi connectivity index (χ0) is 23.7. The van der Waals surface area contributed by atoms with Gasteiger partial charge < -0.3 is 10.1 Å². The standard InChI is InChI=1S/C25H27N5O3/c1-6-20(24(31)26-19-14-15(2)12-13-21(19)33-5)30-25(32)22-17(4)29(18-10-8-7-9-11-18)28-23(22)16(3)27-30/h7-14,20H,6H2,1-5H3,(H,26,31). The molecule has 8 heteroatoms. The van der Waals surface area contributed by atoms with Gasteiger partial charge in [0.15, 0.2) is 0 Å². The summed E-state index contributed by atoms with van der Waals surface area (Å²) in [6.45, 7) is 7.44. The number of carbonyl (C=O) groups is 1. The Labute approximate surface area is 191 Å². The fourth-order valence-electron chi connectivity index (χ4n) is 4.02. The maximum Gasteiger partial charge on any atom is 0.278 e. The topological polar surface area (TPSA) is 91.0 Å². The van der Waals surface area contributed by atoms with E-state index in [1.807, 2.05) is 63.2 Å². The molecule has 2 aromatic carbocycles. The Morgan fingerprint density at radius 3 is 2.48 bits per heavy atom. The highest BCUT2D eigenvalue weighted by Gasteiger charge is 2.26. The molecule has 4 aromatic rings. The number of benzene rings is 2. The number of ether oxygens (including phenoxy) is 1. The Kier molecular flexibility index (Phi) is 6.00. The molecule has 0 saturated heterocycles. The average Bonchev–Trinajstić information content (AvgIpc) is 3.16. The summed E-state index contributed by atoms with van der Waals surface area (Å²) in [4.78, 5) is 26.8. The monoisotopic (exact) mass is 445 g/mol. The molecule has 0 fully saturated rings. The Bertz CT molecular complexity index is 1390. The molecular formula is C25H27N5O3. The van der Waals surface area contributed by atoms with E-state index in [9.17, 15) is 9.59 Å². The third-order valence-corrected chi connectivity index (χ3v) is 5.74. The van der Waals surface area contributed by atoms with Crippen molar-refractivity contribution in [1.82, 2.24) is 19.6 Å². The summed E-state index contributed by atoms with van der Waals surface area (Å²) in [5.74, 6) is 0.221. The number of nitrogens with one attached hydrogen (secondary N) is 1. The number of hydrogen-bond donors (Lipinski definition) is 1. The van der Waals surface area contributed by atoms with Crippen LogP contribution in [0, 0.1) is 20.8 Å². The number of aryl methyl sites for hydroxylation is 3. The molecule has 0 saturated carbocycles. The van der Waals surface area contributed by atoms with Crippen LogP contribution in [-0.4, -0.2) is 32.6 Å². The highest BCUT2D eigenvalue weighted by atomic mass is 16.5. The predicted molar refractivity (Wildman–Crippen MR) is 128 cm³/mol. The van der Waals surface area contributed by atoms with Crippen molar-refractivity contribution in [1.29, 1.82) is 0 Å². The van der Waals surface area contributed by atoms with Crippen molar-refractivity contribution in [2.45, 2.75) is 40.2 Å². The summed E-state index contributed by atoms with van der Waals surface area (Å²) >= 11 is 0. The largest absolute Gasteiger partial charge is 0.495 e. The van der Waals surface area contributed by atoms with Gasteiger partial charge in [-0.25, -0.2) is 9.36 Å². The number of hydrogen-bond acceptors (Lipinski definition) is 5. The van der Waals surface area contributed by atoms with Gasteiger partial charge in [0.25, 0.3) is 5.56 Å². The van der Waals surface area contributed by atoms with E-state index < -0.39 is 6.04 Å². The zero-order valence-corrected chi connectivity index (χ0v) is 19.4. The number of methoxy groups -OCH3 is 1. The molecule has 2 aromatic heterocycles. The van der Waals surface area contributed by atoms with Gasteiger partial charge in [-0.3, -0.25) is 9.59 Å². The molecule has 8 nitrogen and oxygen atoms in total. The van der Waals surface area contributed by atoms with Crippen molar-refractivity contribution in [2.24, 2.45) is 0 Å². The van der Waals surface area contributed by atoms with Crippen molar-refractivity contribution in [3.63, 3.8) is 0 Å². The fourth-order valence-corrected chi connectivity index (χ4v) is 4.02. The number of carbonyl (C=O) groups excluding carboxylic acids is 1. The predicted octanol–water partition coefficient (Wildman–Crippen LogP) is 4.11. The highest BCUT2D eigenvalue weighted by Crippen LogP contribution is 2.27. The fraction of sp³-hybridized carbons (Fsp3) is 0.280. The maximum atomic E-state index is 13.5. The Morgan fingerprint density at radius 2 is 1.82 bits per heavy atom. The molecule has 33 heavy (non-hydrogen) atoms. The van der Waals surface area contributed by atoms with E-state index in [1.165, 1.54) is 4.68 Å². The van der Waals surface area contributed by atoms with Crippen LogP contribution in [0.25, 0.3) is 16.6 Å². The Hall–Kier alpha value is -3.94. The molecule has 1 N–H and O–H groups in total. The lowest BCUT2D eigenvalue weighted by atomic mass is 10.1. The molecule has 2 heterocycles. The van der Waals surface area contributed by atoms with Crippen LogP contribution in [0.3, 0.4) is 0 Å². The minimum atomic E-state index is -0.787. The van der Waals surface area contributed by atoms with Crippen LogP contribution in [-0.2, 0) is 4.79 Å². The Morgan fingerprint density at radius 1 is 1.09 bits per heavy atom. The van der Waals surface area contributed by atoms with Gasteiger partial charge in [0.1, 0.15) is 17.3 Å². The first-order valence-electron chi connectivity index (χ1n) is 10.8. The minimum Gasteiger partial charge on any atom is -0.495 e. The van der Waals surface area contributed by atoms with Gasteiger partial charge in [-0.05, 0) is 57.0 Å². The maximum absolute atomic E-state index is 13.5. The van der Waals surface area contributed by atoms with Crippen LogP contribution in [0.2, 0.25) is 0 Å². The van der Waals surface area contributed by atoms with Gasteiger partial charge in [0.05, 0.1) is 35.3 Å². The van der Waals surface area contributed by atoms with E-state index >= 15 is 0 Å². The molecule has 0 radical (unpaired) electrons. The van der Waals surface area contributed by atoms with Crippen molar-refractivity contribution < 1.29 is 9.53 Å². The van der Waals surface area contributed by atoms with Crippen LogP contribution in [0.5, 0.6) is 5.75 Å². The number of nitrogens with zero attached hydrogens (tertiary/aromatic N) is 4. The number of fused-ring (bicyclic) bond motifs is 1. The minimum absolute atomic E-state index is 0.331. The van der Waals surface area contributed by atoms with Crippen molar-refractivity contribution in [2.75, 3.05) is 12.4 Å². The molecule has 0 aliphatic rings. The van der Waals surface area contributed by atoms with Crippen molar-refractivity contribution in [3.8, 4) is 11.4 Å². The van der Waals surface area contributed by atoms with Crippen LogP contribution >= 0.6 is 0 Å². The molecule has 0 bridgehead atoms. The zero-order valence-electron chi connectivity index (χ0n) is 19.4. The molecule has 0 aliphatic heterocycles. The SMILES string of the molecule is CCC(C(=O)Nc1cc(C)ccc1OC)n1nc(C)c2nn(-c3ccccc3)c(C)c2c1=O. The number of aromatic nitrogens is 4. The summed E-state index contributed by atoms with van der Waals surface area (Å²) in [5, 5.41) is 12.5. The first-order chi connectivity index (χ1) is 15.8. The summed E-state index contributed by atoms with van der Waals surface area (Å²) in [6.07, 6.45) is 0.393. The molecule has 170 valence electrons. The second kappa shape index (κ2) is 8.90. The number of amides is 1. The summed E-state index contributed by atoms with van der Waals surface area (Å²) in [6, 6.07) is 14.4. The summed E-state index contributed by atoms with van der Waals surface area (Å²) in [5.41, 5.74) is 3.88. The number of anilines is 1. The molecule has 1 atom stereocenters. The van der Waals surface area contributed by atoms with Gasteiger partial charge in [-0.2, -0.15) is 10.2 Å².